The van der Waals surface area contributed by atoms with Crippen LogP contribution in [0.1, 0.15) is 5.56 Å². The Balaban J connectivity index is 2.20. The molecule has 0 aliphatic carbocycles. The van der Waals surface area contributed by atoms with Gasteiger partial charge in [-0.25, -0.2) is 21.2 Å². The Morgan fingerprint density at radius 3 is 2.42 bits per heavy atom. The highest BCUT2D eigenvalue weighted by atomic mass is 35.5. The molecule has 0 radical (unpaired) electrons. The number of halogens is 4. The van der Waals surface area contributed by atoms with E-state index in [1.54, 1.807) is 12.1 Å². The average molecular weight is 420 g/mol. The van der Waals surface area contributed by atoms with Crippen LogP contribution in [0.2, 0.25) is 10.0 Å². The summed E-state index contributed by atoms with van der Waals surface area (Å²) in [7, 11) is -3.96. The van der Waals surface area contributed by atoms with Crippen LogP contribution in [-0.4, -0.2) is 25.4 Å². The van der Waals surface area contributed by atoms with Crippen LogP contribution in [-0.2, 0) is 10.0 Å². The van der Waals surface area contributed by atoms with Crippen molar-refractivity contribution in [3.8, 4) is 5.75 Å². The summed E-state index contributed by atoms with van der Waals surface area (Å²) in [5, 5.41) is 0.268. The smallest absolute Gasteiger partial charge is 0.272 e. The van der Waals surface area contributed by atoms with E-state index in [2.05, 4.69) is 0 Å². The first-order chi connectivity index (χ1) is 12.2. The zero-order valence-corrected chi connectivity index (χ0v) is 15.7. The Labute approximate surface area is 158 Å². The van der Waals surface area contributed by atoms with Crippen molar-refractivity contribution in [2.24, 2.45) is 0 Å². The van der Waals surface area contributed by atoms with Gasteiger partial charge in [-0.2, -0.15) is 0 Å². The molecule has 4 nitrogen and oxygen atoms in total. The Hall–Kier alpha value is -1.83. The van der Waals surface area contributed by atoms with Crippen LogP contribution < -0.4 is 4.74 Å². The number of benzene rings is 2. The molecule has 0 aliphatic rings. The maximum Gasteiger partial charge on any atom is 0.272 e. The first-order valence-electron chi connectivity index (χ1n) is 7.44. The third-order valence-electron chi connectivity index (χ3n) is 3.74. The van der Waals surface area contributed by atoms with Gasteiger partial charge in [0.1, 0.15) is 12.4 Å². The summed E-state index contributed by atoms with van der Waals surface area (Å²) in [4.78, 5) is 0.0618. The maximum atomic E-state index is 13.0. The van der Waals surface area contributed by atoms with Gasteiger partial charge in [0.25, 0.3) is 16.4 Å². The molecular weight excluding hydrogens is 407 g/mol. The van der Waals surface area contributed by atoms with Gasteiger partial charge in [-0.05, 0) is 25.1 Å². The van der Waals surface area contributed by atoms with Gasteiger partial charge in [-0.3, -0.25) is 0 Å². The Morgan fingerprint density at radius 2 is 1.81 bits per heavy atom. The van der Waals surface area contributed by atoms with Crippen LogP contribution in [0.25, 0.3) is 10.9 Å². The van der Waals surface area contributed by atoms with Gasteiger partial charge in [0.15, 0.2) is 0 Å². The highest BCUT2D eigenvalue weighted by Gasteiger charge is 2.23. The van der Waals surface area contributed by atoms with Gasteiger partial charge < -0.3 is 4.74 Å². The lowest BCUT2D eigenvalue weighted by atomic mass is 10.2. The quantitative estimate of drug-likeness (QED) is 0.575. The number of hydrogen-bond donors (Lipinski definition) is 0. The van der Waals surface area contributed by atoms with Crippen LogP contribution in [0.5, 0.6) is 5.75 Å². The van der Waals surface area contributed by atoms with E-state index < -0.39 is 23.1 Å². The average Bonchev–Trinajstić information content (AvgIpc) is 3.03. The zero-order chi connectivity index (χ0) is 19.1. The number of nitrogens with zero attached hydrogens (tertiary/aromatic N) is 1. The highest BCUT2D eigenvalue weighted by molar-refractivity contribution is 7.90. The molecule has 0 saturated heterocycles. The molecule has 0 aliphatic heterocycles. The van der Waals surface area contributed by atoms with Gasteiger partial charge in [-0.1, -0.05) is 40.9 Å². The monoisotopic (exact) mass is 419 g/mol. The minimum absolute atomic E-state index is 0.00230. The number of rotatable bonds is 5. The van der Waals surface area contributed by atoms with Crippen molar-refractivity contribution in [3.63, 3.8) is 0 Å². The van der Waals surface area contributed by atoms with Gasteiger partial charge in [0, 0.05) is 17.6 Å². The second-order valence-corrected chi connectivity index (χ2v) is 8.16. The molecule has 0 saturated carbocycles. The first-order valence-corrected chi connectivity index (χ1v) is 9.63. The van der Waals surface area contributed by atoms with E-state index in [-0.39, 0.29) is 31.6 Å². The SMILES string of the molecule is Cc1ccc(S(=O)(=O)n2ccc3c(OCC(F)F)cc(Cl)c(Cl)c32)cc1. The fourth-order valence-electron chi connectivity index (χ4n) is 2.49. The Morgan fingerprint density at radius 1 is 1.15 bits per heavy atom. The number of aromatic nitrogens is 1. The van der Waals surface area contributed by atoms with Crippen molar-refractivity contribution < 1.29 is 21.9 Å². The van der Waals surface area contributed by atoms with Gasteiger partial charge >= 0.3 is 0 Å². The predicted molar refractivity (Wildman–Crippen MR) is 97.2 cm³/mol. The van der Waals surface area contributed by atoms with E-state index in [0.717, 1.165) is 9.54 Å². The van der Waals surface area contributed by atoms with Gasteiger partial charge in [0.05, 0.1) is 20.5 Å². The fourth-order valence-corrected chi connectivity index (χ4v) is 4.34. The lowest BCUT2D eigenvalue weighted by Gasteiger charge is -2.12. The molecule has 1 heterocycles. The van der Waals surface area contributed by atoms with Crippen LogP contribution in [0.4, 0.5) is 8.78 Å². The molecule has 0 unspecified atom stereocenters. The summed E-state index contributed by atoms with van der Waals surface area (Å²) in [5.41, 5.74) is 0.981. The van der Waals surface area contributed by atoms with Crippen molar-refractivity contribution >= 4 is 44.1 Å². The fraction of sp³-hybridized carbons (Fsp3) is 0.176. The molecule has 3 aromatic rings. The molecule has 138 valence electrons. The van der Waals surface area contributed by atoms with Gasteiger partial charge in [0.2, 0.25) is 0 Å². The molecule has 0 amide bonds. The minimum atomic E-state index is -3.96. The summed E-state index contributed by atoms with van der Waals surface area (Å²) in [6.07, 6.45) is -1.39. The van der Waals surface area contributed by atoms with Crippen LogP contribution in [0.3, 0.4) is 0 Å². The van der Waals surface area contributed by atoms with E-state index in [1.165, 1.54) is 30.5 Å². The van der Waals surface area contributed by atoms with E-state index in [9.17, 15) is 17.2 Å². The topological polar surface area (TPSA) is 48.3 Å². The second-order valence-electron chi connectivity index (χ2n) is 5.56. The molecule has 3 rings (SSSR count). The molecule has 0 atom stereocenters. The third kappa shape index (κ3) is 3.39. The molecule has 0 spiro atoms. The maximum absolute atomic E-state index is 13.0. The van der Waals surface area contributed by atoms with Crippen LogP contribution >= 0.6 is 23.2 Å². The number of aryl methyl sites for hydroxylation is 1. The highest BCUT2D eigenvalue weighted by Crippen LogP contribution is 2.39. The molecule has 9 heteroatoms. The molecule has 26 heavy (non-hydrogen) atoms. The van der Waals surface area contributed by atoms with E-state index in [1.807, 2.05) is 6.92 Å². The van der Waals surface area contributed by atoms with E-state index in [0.29, 0.717) is 0 Å². The van der Waals surface area contributed by atoms with E-state index in [4.69, 9.17) is 27.9 Å². The Bertz CT molecular complexity index is 1060. The lowest BCUT2D eigenvalue weighted by Crippen LogP contribution is -2.12. The van der Waals surface area contributed by atoms with Crippen molar-refractivity contribution in [2.75, 3.05) is 6.61 Å². The number of fused-ring (bicyclic) bond motifs is 1. The normalized spacial score (nSPS) is 12.1. The van der Waals surface area contributed by atoms with Crippen molar-refractivity contribution in [1.82, 2.24) is 3.97 Å². The number of alkyl halides is 2. The Kier molecular flexibility index (Phi) is 5.14. The molecule has 2 aromatic carbocycles. The lowest BCUT2D eigenvalue weighted by molar-refractivity contribution is 0.0827. The number of ether oxygens (including phenoxy) is 1. The predicted octanol–water partition coefficient (Wildman–Crippen LogP) is 5.14. The molecular formula is C17H13Cl2F2NO3S. The molecule has 1 aromatic heterocycles. The van der Waals surface area contributed by atoms with Crippen LogP contribution in [0.15, 0.2) is 47.5 Å². The van der Waals surface area contributed by atoms with E-state index >= 15 is 0 Å². The van der Waals surface area contributed by atoms with Crippen molar-refractivity contribution in [2.45, 2.75) is 18.2 Å². The molecule has 0 fully saturated rings. The van der Waals surface area contributed by atoms with Crippen molar-refractivity contribution in [1.29, 1.82) is 0 Å². The molecule has 0 N–H and O–H groups in total. The summed E-state index contributed by atoms with van der Waals surface area (Å²) in [5.74, 6) is 0.0348. The summed E-state index contributed by atoms with van der Waals surface area (Å²) < 4.78 is 56.9. The first kappa shape index (κ1) is 18.9. The summed E-state index contributed by atoms with van der Waals surface area (Å²) in [6, 6.07) is 9.02. The zero-order valence-electron chi connectivity index (χ0n) is 13.4. The largest absolute Gasteiger partial charge is 0.487 e. The summed E-state index contributed by atoms with van der Waals surface area (Å²) >= 11 is 12.3. The van der Waals surface area contributed by atoms with Gasteiger partial charge in [-0.15, -0.1) is 0 Å². The second kappa shape index (κ2) is 7.06. The minimum Gasteiger partial charge on any atom is -0.487 e. The van der Waals surface area contributed by atoms with Crippen LogP contribution in [0, 0.1) is 6.92 Å². The standard InChI is InChI=1S/C17H13Cl2F2NO3S/c1-10-2-4-11(5-3-10)26(23,24)22-7-6-12-14(25-9-15(20)21)8-13(18)16(19)17(12)22/h2-8,15H,9H2,1H3. The number of hydrogen-bond acceptors (Lipinski definition) is 3. The summed E-state index contributed by atoms with van der Waals surface area (Å²) in [6.45, 7) is 0.994. The molecule has 0 bridgehead atoms. The van der Waals surface area contributed by atoms with Crippen molar-refractivity contribution in [3.05, 3.63) is 58.2 Å². The third-order valence-corrected chi connectivity index (χ3v) is 6.20.